The first-order valence-electron chi connectivity index (χ1n) is 7.80. The van der Waals surface area contributed by atoms with Crippen LogP contribution < -0.4 is 4.74 Å². The molecule has 5 heteroatoms. The topological polar surface area (TPSA) is 65.0 Å². The van der Waals surface area contributed by atoms with Gasteiger partial charge in [-0.25, -0.2) is 4.79 Å². The number of phenols is 1. The van der Waals surface area contributed by atoms with Crippen molar-refractivity contribution < 1.29 is 24.1 Å². The Labute approximate surface area is 147 Å². The zero-order valence-corrected chi connectivity index (χ0v) is 14.8. The number of methoxy groups -OCH3 is 2. The fraction of sp³-hybridized carbons (Fsp3) is 0.250. The van der Waals surface area contributed by atoms with E-state index in [0.29, 0.717) is 22.4 Å². The number of aromatic hydroxyl groups is 1. The highest BCUT2D eigenvalue weighted by molar-refractivity contribution is 6.16. The summed E-state index contributed by atoms with van der Waals surface area (Å²) in [5, 5.41) is 9.93. The molecule has 0 fully saturated rings. The van der Waals surface area contributed by atoms with Crippen LogP contribution in [0.4, 0.5) is 0 Å². The lowest BCUT2D eigenvalue weighted by Gasteiger charge is -2.15. The summed E-state index contributed by atoms with van der Waals surface area (Å²) in [5.41, 5.74) is 3.36. The Kier molecular flexibility index (Phi) is 6.06. The smallest absolute Gasteiger partial charge is 0.341 e. The number of ether oxygens (including phenoxy) is 3. The Hall–Kier alpha value is -2.95. The molecule has 0 amide bonds. The predicted molar refractivity (Wildman–Crippen MR) is 95.4 cm³/mol. The lowest BCUT2D eigenvalue weighted by Crippen LogP contribution is -2.08. The van der Waals surface area contributed by atoms with E-state index in [9.17, 15) is 9.90 Å². The third-order valence-electron chi connectivity index (χ3n) is 3.81. The molecule has 0 aliphatic carbocycles. The van der Waals surface area contributed by atoms with Crippen LogP contribution in [0.5, 0.6) is 11.5 Å². The number of rotatable bonds is 6. The highest BCUT2D eigenvalue weighted by atomic mass is 16.5. The van der Waals surface area contributed by atoms with E-state index in [1.54, 1.807) is 19.1 Å². The predicted octanol–water partition coefficient (Wildman–Crippen LogP) is 3.75. The number of phenolic OH excluding ortho intramolecular Hbond substituents is 1. The van der Waals surface area contributed by atoms with Gasteiger partial charge in [-0.05, 0) is 42.7 Å². The van der Waals surface area contributed by atoms with Crippen LogP contribution in [-0.4, -0.2) is 25.3 Å². The molecule has 132 valence electrons. The maximum Gasteiger partial charge on any atom is 0.341 e. The molecule has 25 heavy (non-hydrogen) atoms. The number of carbonyl (C=O) groups is 1. The number of benzene rings is 2. The van der Waals surface area contributed by atoms with Gasteiger partial charge in [0.05, 0.1) is 20.5 Å². The Morgan fingerprint density at radius 1 is 1.16 bits per heavy atom. The molecule has 5 nitrogen and oxygen atoms in total. The van der Waals surface area contributed by atoms with Gasteiger partial charge in [-0.2, -0.15) is 0 Å². The van der Waals surface area contributed by atoms with Crippen molar-refractivity contribution in [2.24, 2.45) is 0 Å². The zero-order valence-electron chi connectivity index (χ0n) is 14.8. The van der Waals surface area contributed by atoms with Crippen molar-refractivity contribution in [2.75, 3.05) is 14.2 Å². The standard InChI is InChI=1S/C20H22O5/c1-13-9-18(21)14(2)19(10-13)25-11-15-7-5-6-8-16(15)17(12-23-3)20(22)24-4/h5-10,12,21H,11H2,1-4H3/b17-12+. The quantitative estimate of drug-likeness (QED) is 0.492. The number of hydrogen-bond acceptors (Lipinski definition) is 5. The van der Waals surface area contributed by atoms with Gasteiger partial charge in [0.1, 0.15) is 23.7 Å². The van der Waals surface area contributed by atoms with Crippen LogP contribution in [0.3, 0.4) is 0 Å². The van der Waals surface area contributed by atoms with E-state index in [1.165, 1.54) is 20.5 Å². The molecule has 2 aromatic carbocycles. The summed E-state index contributed by atoms with van der Waals surface area (Å²) in [6, 6.07) is 10.9. The van der Waals surface area contributed by atoms with Gasteiger partial charge in [0.15, 0.2) is 0 Å². The molecular weight excluding hydrogens is 320 g/mol. The fourth-order valence-corrected chi connectivity index (χ4v) is 2.47. The van der Waals surface area contributed by atoms with Crippen molar-refractivity contribution in [1.29, 1.82) is 0 Å². The number of esters is 1. The van der Waals surface area contributed by atoms with Crippen LogP contribution in [0.15, 0.2) is 42.7 Å². The van der Waals surface area contributed by atoms with Crippen molar-refractivity contribution >= 4 is 11.5 Å². The van der Waals surface area contributed by atoms with E-state index in [-0.39, 0.29) is 12.4 Å². The first-order chi connectivity index (χ1) is 12.0. The minimum atomic E-state index is -0.487. The third-order valence-corrected chi connectivity index (χ3v) is 3.81. The number of carbonyl (C=O) groups excluding carboxylic acids is 1. The van der Waals surface area contributed by atoms with Gasteiger partial charge < -0.3 is 19.3 Å². The largest absolute Gasteiger partial charge is 0.508 e. The molecule has 2 rings (SSSR count). The zero-order chi connectivity index (χ0) is 18.4. The minimum absolute atomic E-state index is 0.192. The summed E-state index contributed by atoms with van der Waals surface area (Å²) >= 11 is 0. The molecule has 0 spiro atoms. The second kappa shape index (κ2) is 8.24. The molecule has 0 saturated heterocycles. The molecule has 0 atom stereocenters. The molecule has 0 saturated carbocycles. The first kappa shape index (κ1) is 18.4. The molecule has 0 unspecified atom stereocenters. The van der Waals surface area contributed by atoms with E-state index in [4.69, 9.17) is 14.2 Å². The van der Waals surface area contributed by atoms with Gasteiger partial charge in [0.2, 0.25) is 0 Å². The van der Waals surface area contributed by atoms with Crippen LogP contribution in [0.2, 0.25) is 0 Å². The molecule has 0 bridgehead atoms. The maximum absolute atomic E-state index is 12.0. The summed E-state index contributed by atoms with van der Waals surface area (Å²) < 4.78 is 15.7. The first-order valence-corrected chi connectivity index (χ1v) is 7.80. The highest BCUT2D eigenvalue weighted by Gasteiger charge is 2.17. The van der Waals surface area contributed by atoms with Gasteiger partial charge >= 0.3 is 5.97 Å². The van der Waals surface area contributed by atoms with Gasteiger partial charge in [-0.3, -0.25) is 0 Å². The molecule has 0 aliphatic heterocycles. The van der Waals surface area contributed by atoms with Gasteiger partial charge in [0, 0.05) is 5.56 Å². The molecular formula is C20H22O5. The molecule has 0 heterocycles. The van der Waals surface area contributed by atoms with Crippen molar-refractivity contribution in [3.63, 3.8) is 0 Å². The van der Waals surface area contributed by atoms with E-state index in [0.717, 1.165) is 11.1 Å². The molecule has 1 N–H and O–H groups in total. The highest BCUT2D eigenvalue weighted by Crippen LogP contribution is 2.30. The normalized spacial score (nSPS) is 11.1. The SMILES string of the molecule is CO/C=C(/C(=O)OC)c1ccccc1COc1cc(C)cc(O)c1C. The van der Waals surface area contributed by atoms with E-state index in [1.807, 2.05) is 31.2 Å². The van der Waals surface area contributed by atoms with Gasteiger partial charge in [0.25, 0.3) is 0 Å². The molecule has 2 aromatic rings. The Morgan fingerprint density at radius 3 is 2.56 bits per heavy atom. The molecule has 0 aromatic heterocycles. The summed E-state index contributed by atoms with van der Waals surface area (Å²) in [6.07, 6.45) is 1.36. The number of hydrogen-bond donors (Lipinski definition) is 1. The third kappa shape index (κ3) is 4.32. The van der Waals surface area contributed by atoms with Crippen molar-refractivity contribution in [3.8, 4) is 11.5 Å². The Bertz CT molecular complexity index is 793. The average Bonchev–Trinajstić information content (AvgIpc) is 2.61. The van der Waals surface area contributed by atoms with Gasteiger partial charge in [-0.1, -0.05) is 24.3 Å². The summed E-state index contributed by atoms with van der Waals surface area (Å²) in [5.74, 6) is 0.305. The lowest BCUT2D eigenvalue weighted by atomic mass is 10.0. The monoisotopic (exact) mass is 342 g/mol. The maximum atomic E-state index is 12.0. The van der Waals surface area contributed by atoms with Crippen molar-refractivity contribution in [2.45, 2.75) is 20.5 Å². The molecule has 0 aliphatic rings. The Balaban J connectivity index is 2.33. The minimum Gasteiger partial charge on any atom is -0.508 e. The second-order valence-electron chi connectivity index (χ2n) is 5.61. The van der Waals surface area contributed by atoms with E-state index < -0.39 is 5.97 Å². The van der Waals surface area contributed by atoms with Crippen LogP contribution >= 0.6 is 0 Å². The van der Waals surface area contributed by atoms with Crippen LogP contribution in [-0.2, 0) is 20.9 Å². The summed E-state index contributed by atoms with van der Waals surface area (Å²) in [6.45, 7) is 3.91. The van der Waals surface area contributed by atoms with Crippen molar-refractivity contribution in [1.82, 2.24) is 0 Å². The van der Waals surface area contributed by atoms with Crippen molar-refractivity contribution in [3.05, 3.63) is 64.9 Å². The van der Waals surface area contributed by atoms with Crippen LogP contribution in [0.1, 0.15) is 22.3 Å². The lowest BCUT2D eigenvalue weighted by molar-refractivity contribution is -0.133. The second-order valence-corrected chi connectivity index (χ2v) is 5.61. The van der Waals surface area contributed by atoms with Crippen LogP contribution in [0.25, 0.3) is 5.57 Å². The van der Waals surface area contributed by atoms with E-state index >= 15 is 0 Å². The van der Waals surface area contributed by atoms with Gasteiger partial charge in [-0.15, -0.1) is 0 Å². The molecule has 0 radical (unpaired) electrons. The summed E-state index contributed by atoms with van der Waals surface area (Å²) in [7, 11) is 2.80. The summed E-state index contributed by atoms with van der Waals surface area (Å²) in [4.78, 5) is 12.0. The van der Waals surface area contributed by atoms with E-state index in [2.05, 4.69) is 0 Å². The Morgan fingerprint density at radius 2 is 1.88 bits per heavy atom. The van der Waals surface area contributed by atoms with Crippen LogP contribution in [0, 0.1) is 13.8 Å². The average molecular weight is 342 g/mol. The fourth-order valence-electron chi connectivity index (χ4n) is 2.47. The number of aryl methyl sites for hydroxylation is 1.